The van der Waals surface area contributed by atoms with Crippen molar-refractivity contribution in [3.63, 3.8) is 0 Å². The van der Waals surface area contributed by atoms with Crippen molar-refractivity contribution in [2.45, 2.75) is 86.4 Å². The number of carboxylic acid groups (broad SMARTS) is 1. The summed E-state index contributed by atoms with van der Waals surface area (Å²) in [6, 6.07) is 14.1. The first-order valence-corrected chi connectivity index (χ1v) is 21.5. The fourth-order valence-corrected chi connectivity index (χ4v) is 12.0. The molecule has 0 radical (unpaired) electrons. The summed E-state index contributed by atoms with van der Waals surface area (Å²) in [5.74, 6) is 1.27. The smallest absolute Gasteiger partial charge is 0.404 e. The zero-order valence-electron chi connectivity index (χ0n) is 31.9. The van der Waals surface area contributed by atoms with Gasteiger partial charge in [0.05, 0.1) is 10.1 Å². The van der Waals surface area contributed by atoms with Gasteiger partial charge in [0, 0.05) is 81.1 Å². The lowest BCUT2D eigenvalue weighted by Gasteiger charge is -2.51. The molecule has 3 aromatic rings. The van der Waals surface area contributed by atoms with Crippen molar-refractivity contribution in [1.29, 1.82) is 0 Å². The Hall–Kier alpha value is -4.23. The third kappa shape index (κ3) is 8.05. The zero-order valence-corrected chi connectivity index (χ0v) is 32.7. The number of carbonyl (C=O) groups is 2. The molecular weight excluding hydrogens is 720 g/mol. The fourth-order valence-electron chi connectivity index (χ4n) is 10.3. The standard InChI is InChI=1S/C42H55FN6O5S/c1-3-39-44-19-24-48(39)29-42(32-7-5-8-33(43)25-32,37-9-6-10-38(37)45-41(51)52)31-15-20-46(21-16-31)26-30-27-49(28-30)34-11-13-35(14-12-34)55(53,54)36-17-22-47(23-18-36)40(50)4-2/h4-5,7-8,11-14,19,24-25,30-31,36-38,45H,2-3,6,9-10,15-18,20-23,26-29H2,1H3,(H,51,52)/t37-,38-,42-/m0/s1. The van der Waals surface area contributed by atoms with Gasteiger partial charge in [0.1, 0.15) is 11.6 Å². The summed E-state index contributed by atoms with van der Waals surface area (Å²) in [5, 5.41) is 12.2. The van der Waals surface area contributed by atoms with E-state index in [1.807, 2.05) is 24.5 Å². The van der Waals surface area contributed by atoms with Gasteiger partial charge in [-0.25, -0.2) is 22.6 Å². The van der Waals surface area contributed by atoms with E-state index in [0.717, 1.165) is 88.3 Å². The van der Waals surface area contributed by atoms with Crippen LogP contribution < -0.4 is 10.2 Å². The van der Waals surface area contributed by atoms with Crippen LogP contribution in [0.2, 0.25) is 0 Å². The average Bonchev–Trinajstić information content (AvgIpc) is 3.84. The SMILES string of the molecule is C=CC(=O)N1CCC(S(=O)(=O)c2ccc(N3CC(CN4CCC([C@@](Cn5ccnc5CC)(c5cccc(F)c5)[C@H]5CCC[C@@H]5NC(=O)O)CC4)C3)cc2)CC1. The highest BCUT2D eigenvalue weighted by Crippen LogP contribution is 2.52. The average molecular weight is 775 g/mol. The van der Waals surface area contributed by atoms with E-state index in [2.05, 4.69) is 44.2 Å². The number of halogens is 1. The summed E-state index contributed by atoms with van der Waals surface area (Å²) in [7, 11) is -3.49. The molecule has 0 unspecified atom stereocenters. The molecule has 1 saturated carbocycles. The summed E-state index contributed by atoms with van der Waals surface area (Å²) in [6.45, 7) is 11.7. The molecule has 2 aromatic carbocycles. The van der Waals surface area contributed by atoms with E-state index >= 15 is 4.39 Å². The molecule has 13 heteroatoms. The lowest BCUT2D eigenvalue weighted by molar-refractivity contribution is -0.126. The molecule has 3 saturated heterocycles. The Morgan fingerprint density at radius 3 is 2.40 bits per heavy atom. The Labute approximate surface area is 324 Å². The predicted molar refractivity (Wildman–Crippen MR) is 210 cm³/mol. The van der Waals surface area contributed by atoms with Gasteiger partial charge in [-0.15, -0.1) is 0 Å². The number of anilines is 1. The monoisotopic (exact) mass is 774 g/mol. The largest absolute Gasteiger partial charge is 0.465 e. The van der Waals surface area contributed by atoms with Gasteiger partial charge in [-0.3, -0.25) is 4.79 Å². The number of amides is 2. The van der Waals surface area contributed by atoms with Crippen LogP contribution in [0, 0.1) is 23.6 Å². The fraction of sp³-hybridized carbons (Fsp3) is 0.548. The van der Waals surface area contributed by atoms with Gasteiger partial charge in [0.25, 0.3) is 0 Å². The van der Waals surface area contributed by atoms with Crippen LogP contribution in [0.25, 0.3) is 0 Å². The number of nitrogens with zero attached hydrogens (tertiary/aromatic N) is 5. The van der Waals surface area contributed by atoms with E-state index in [0.29, 0.717) is 43.3 Å². The molecule has 0 spiro atoms. The number of imidazole rings is 1. The summed E-state index contributed by atoms with van der Waals surface area (Å²) in [6.07, 6.45) is 10.2. The lowest BCUT2D eigenvalue weighted by Crippen LogP contribution is -2.56. The number of piperidine rings is 2. The van der Waals surface area contributed by atoms with Crippen LogP contribution in [0.4, 0.5) is 14.9 Å². The maximum absolute atomic E-state index is 15.1. The van der Waals surface area contributed by atoms with Crippen molar-refractivity contribution in [3.05, 3.63) is 90.8 Å². The molecule has 4 fully saturated rings. The molecule has 4 aliphatic rings. The van der Waals surface area contributed by atoms with Crippen LogP contribution in [0.15, 0.2) is 78.5 Å². The van der Waals surface area contributed by atoms with Crippen LogP contribution >= 0.6 is 0 Å². The molecular formula is C42H55FN6O5S. The molecule has 2 amide bonds. The number of nitrogens with one attached hydrogen (secondary N) is 1. The molecule has 4 heterocycles. The van der Waals surface area contributed by atoms with Crippen LogP contribution in [-0.2, 0) is 33.0 Å². The highest BCUT2D eigenvalue weighted by atomic mass is 32.2. The van der Waals surface area contributed by atoms with Gasteiger partial charge < -0.3 is 29.7 Å². The Balaban J connectivity index is 1.00. The van der Waals surface area contributed by atoms with Crippen molar-refractivity contribution in [2.24, 2.45) is 17.8 Å². The molecule has 296 valence electrons. The topological polar surface area (TPSA) is 128 Å². The first-order chi connectivity index (χ1) is 26.5. The Kier molecular flexibility index (Phi) is 11.7. The van der Waals surface area contributed by atoms with Crippen molar-refractivity contribution < 1.29 is 27.5 Å². The van der Waals surface area contributed by atoms with Crippen molar-refractivity contribution >= 4 is 27.5 Å². The second-order valence-electron chi connectivity index (χ2n) is 16.1. The number of carbonyl (C=O) groups excluding carboxylic acids is 1. The van der Waals surface area contributed by atoms with E-state index in [1.165, 1.54) is 12.1 Å². The third-order valence-electron chi connectivity index (χ3n) is 13.1. The Morgan fingerprint density at radius 2 is 1.75 bits per heavy atom. The number of rotatable bonds is 13. The number of hydrogen-bond donors (Lipinski definition) is 2. The van der Waals surface area contributed by atoms with Gasteiger partial charge in [0.2, 0.25) is 5.91 Å². The molecule has 11 nitrogen and oxygen atoms in total. The maximum Gasteiger partial charge on any atom is 0.404 e. The van der Waals surface area contributed by atoms with E-state index < -0.39 is 26.6 Å². The van der Waals surface area contributed by atoms with Crippen LogP contribution in [0.5, 0.6) is 0 Å². The predicted octanol–water partition coefficient (Wildman–Crippen LogP) is 5.76. The van der Waals surface area contributed by atoms with Crippen molar-refractivity contribution in [3.8, 4) is 0 Å². The number of aryl methyl sites for hydroxylation is 1. The van der Waals surface area contributed by atoms with Crippen LogP contribution in [0.1, 0.15) is 63.3 Å². The van der Waals surface area contributed by atoms with E-state index in [9.17, 15) is 23.1 Å². The first-order valence-electron chi connectivity index (χ1n) is 20.0. The van der Waals surface area contributed by atoms with Gasteiger partial charge >= 0.3 is 6.09 Å². The zero-order chi connectivity index (χ0) is 38.7. The number of benzene rings is 2. The molecule has 7 rings (SSSR count). The molecule has 3 atom stereocenters. The molecule has 3 aliphatic heterocycles. The highest BCUT2D eigenvalue weighted by Gasteiger charge is 2.52. The quantitative estimate of drug-likeness (QED) is 0.210. The minimum atomic E-state index is -3.49. The van der Waals surface area contributed by atoms with Gasteiger partial charge in [-0.05, 0) is 111 Å². The summed E-state index contributed by atoms with van der Waals surface area (Å²) in [4.78, 5) is 35.4. The van der Waals surface area contributed by atoms with Gasteiger partial charge in [0.15, 0.2) is 9.84 Å². The third-order valence-corrected chi connectivity index (χ3v) is 15.4. The molecule has 0 bridgehead atoms. The van der Waals surface area contributed by atoms with E-state index in [4.69, 9.17) is 0 Å². The molecule has 1 aliphatic carbocycles. The second kappa shape index (κ2) is 16.5. The number of aromatic nitrogens is 2. The van der Waals surface area contributed by atoms with Gasteiger partial charge in [-0.2, -0.15) is 0 Å². The lowest BCUT2D eigenvalue weighted by atomic mass is 9.58. The van der Waals surface area contributed by atoms with E-state index in [-0.39, 0.29) is 29.6 Å². The van der Waals surface area contributed by atoms with Crippen molar-refractivity contribution in [1.82, 2.24) is 24.7 Å². The van der Waals surface area contributed by atoms with Crippen LogP contribution in [-0.4, -0.2) is 102 Å². The minimum absolute atomic E-state index is 0.0108. The first kappa shape index (κ1) is 39.0. The molecule has 55 heavy (non-hydrogen) atoms. The van der Waals surface area contributed by atoms with E-state index in [1.54, 1.807) is 29.2 Å². The molecule has 1 aromatic heterocycles. The number of likely N-dealkylation sites (tertiary alicyclic amines) is 2. The van der Waals surface area contributed by atoms with Crippen LogP contribution in [0.3, 0.4) is 0 Å². The number of hydrogen-bond acceptors (Lipinski definition) is 7. The van der Waals surface area contributed by atoms with Crippen molar-refractivity contribution in [2.75, 3.05) is 50.7 Å². The summed E-state index contributed by atoms with van der Waals surface area (Å²) < 4.78 is 44.1. The normalized spacial score (nSPS) is 22.9. The highest BCUT2D eigenvalue weighted by molar-refractivity contribution is 7.92. The molecule has 2 N–H and O–H groups in total. The second-order valence-corrected chi connectivity index (χ2v) is 18.3. The summed E-state index contributed by atoms with van der Waals surface area (Å²) in [5.41, 5.74) is 1.48. The summed E-state index contributed by atoms with van der Waals surface area (Å²) >= 11 is 0. The Bertz CT molecular complexity index is 1930. The maximum atomic E-state index is 15.1. The van der Waals surface area contributed by atoms with Gasteiger partial charge in [-0.1, -0.05) is 32.1 Å². The minimum Gasteiger partial charge on any atom is -0.465 e. The Morgan fingerprint density at radius 1 is 1.02 bits per heavy atom. The number of sulfone groups is 1.